The predicted octanol–water partition coefficient (Wildman–Crippen LogP) is 0.921. The first kappa shape index (κ1) is 12.6. The molecule has 0 aliphatic rings. The summed E-state index contributed by atoms with van der Waals surface area (Å²) in [5.74, 6) is -2.48. The maximum absolute atomic E-state index is 10.8. The molecule has 0 rings (SSSR count). The summed E-state index contributed by atoms with van der Waals surface area (Å²) < 4.78 is 0. The largest absolute Gasteiger partial charge is 0.481 e. The number of carbonyl (C=O) groups is 3. The Labute approximate surface area is 81.7 Å². The van der Waals surface area contributed by atoms with Crippen LogP contribution in [0.1, 0.15) is 33.1 Å². The summed E-state index contributed by atoms with van der Waals surface area (Å²) in [6.45, 7) is 2.69. The fourth-order valence-electron chi connectivity index (χ4n) is 1.06. The minimum atomic E-state index is -1.35. The molecule has 0 aromatic heterocycles. The lowest BCUT2D eigenvalue weighted by Gasteiger charge is -2.21. The third-order valence-electron chi connectivity index (χ3n) is 2.09. The van der Waals surface area contributed by atoms with Gasteiger partial charge in [0.2, 0.25) is 0 Å². The van der Waals surface area contributed by atoms with Crippen LogP contribution in [0.25, 0.3) is 0 Å². The molecule has 0 amide bonds. The van der Waals surface area contributed by atoms with E-state index in [1.807, 2.05) is 0 Å². The quantitative estimate of drug-likeness (QED) is 0.668. The molecule has 2 N–H and O–H groups in total. The van der Waals surface area contributed by atoms with Crippen molar-refractivity contribution in [1.82, 2.24) is 0 Å². The molecule has 1 unspecified atom stereocenters. The van der Waals surface area contributed by atoms with Crippen LogP contribution < -0.4 is 0 Å². The summed E-state index contributed by atoms with van der Waals surface area (Å²) in [7, 11) is 0. The van der Waals surface area contributed by atoms with E-state index in [4.69, 9.17) is 10.2 Å². The lowest BCUT2D eigenvalue weighted by molar-refractivity contribution is -0.155. The van der Waals surface area contributed by atoms with Crippen LogP contribution in [0.4, 0.5) is 0 Å². The highest BCUT2D eigenvalue weighted by atomic mass is 16.4. The molecule has 1 atom stereocenters. The molecule has 0 aliphatic heterocycles. The normalized spacial score (nSPS) is 14.4. The second kappa shape index (κ2) is 4.74. The van der Waals surface area contributed by atoms with E-state index in [0.29, 0.717) is 0 Å². The van der Waals surface area contributed by atoms with Gasteiger partial charge in [0.15, 0.2) is 0 Å². The van der Waals surface area contributed by atoms with E-state index in [0.717, 1.165) is 0 Å². The number of hydrogen-bond acceptors (Lipinski definition) is 3. The van der Waals surface area contributed by atoms with Crippen LogP contribution in [0.2, 0.25) is 0 Å². The highest BCUT2D eigenvalue weighted by molar-refractivity contribution is 5.82. The number of hydrogen-bond donors (Lipinski definition) is 2. The first-order chi connectivity index (χ1) is 6.28. The van der Waals surface area contributed by atoms with Crippen molar-refractivity contribution < 1.29 is 24.6 Å². The van der Waals surface area contributed by atoms with Crippen molar-refractivity contribution >= 4 is 17.7 Å². The molecule has 0 heterocycles. The number of carboxylic acids is 2. The minimum absolute atomic E-state index is 0.0595. The van der Waals surface area contributed by atoms with Gasteiger partial charge in [0, 0.05) is 6.42 Å². The molecule has 5 nitrogen and oxygen atoms in total. The maximum atomic E-state index is 10.8. The molecule has 0 fully saturated rings. The fraction of sp³-hybridized carbons (Fsp3) is 0.667. The maximum Gasteiger partial charge on any atom is 0.309 e. The zero-order chi connectivity index (χ0) is 11.4. The van der Waals surface area contributed by atoms with Crippen LogP contribution in [0.5, 0.6) is 0 Å². The van der Waals surface area contributed by atoms with Gasteiger partial charge in [0.05, 0.1) is 11.8 Å². The van der Waals surface area contributed by atoms with Gasteiger partial charge in [0.25, 0.3) is 0 Å². The zero-order valence-corrected chi connectivity index (χ0v) is 8.24. The van der Waals surface area contributed by atoms with Crippen molar-refractivity contribution in [1.29, 1.82) is 0 Å². The summed E-state index contributed by atoms with van der Waals surface area (Å²) in [4.78, 5) is 31.9. The molecule has 80 valence electrons. The van der Waals surface area contributed by atoms with Gasteiger partial charge in [-0.3, -0.25) is 9.59 Å². The van der Waals surface area contributed by atoms with Crippen molar-refractivity contribution in [3.8, 4) is 0 Å². The predicted molar refractivity (Wildman–Crippen MR) is 47.9 cm³/mol. The Bertz CT molecular complexity index is 258. The highest BCUT2D eigenvalue weighted by Gasteiger charge is 2.35. The Hall–Kier alpha value is -1.39. The van der Waals surface area contributed by atoms with Crippen LogP contribution in [0.3, 0.4) is 0 Å². The summed E-state index contributed by atoms with van der Waals surface area (Å²) in [5, 5.41) is 17.3. The van der Waals surface area contributed by atoms with Crippen molar-refractivity contribution in [2.24, 2.45) is 5.41 Å². The average Bonchev–Trinajstić information content (AvgIpc) is 1.99. The van der Waals surface area contributed by atoms with E-state index in [2.05, 4.69) is 0 Å². The van der Waals surface area contributed by atoms with E-state index in [1.165, 1.54) is 13.8 Å². The van der Waals surface area contributed by atoms with Gasteiger partial charge in [-0.05, 0) is 20.3 Å². The lowest BCUT2D eigenvalue weighted by Crippen LogP contribution is -2.30. The minimum Gasteiger partial charge on any atom is -0.481 e. The fourth-order valence-corrected chi connectivity index (χ4v) is 1.06. The molecule has 0 aromatic carbocycles. The third kappa shape index (κ3) is 4.02. The van der Waals surface area contributed by atoms with Crippen LogP contribution in [-0.4, -0.2) is 27.9 Å². The van der Waals surface area contributed by atoms with Gasteiger partial charge in [-0.25, -0.2) is 0 Å². The molecule has 0 spiro atoms. The lowest BCUT2D eigenvalue weighted by atomic mass is 9.82. The molecule has 0 saturated heterocycles. The van der Waals surface area contributed by atoms with Crippen molar-refractivity contribution in [2.45, 2.75) is 33.1 Å². The molecular weight excluding hydrogens is 188 g/mol. The number of rotatable bonds is 6. The van der Waals surface area contributed by atoms with Crippen LogP contribution in [0, 0.1) is 5.41 Å². The zero-order valence-electron chi connectivity index (χ0n) is 8.24. The molecule has 0 bridgehead atoms. The first-order valence-electron chi connectivity index (χ1n) is 4.22. The van der Waals surface area contributed by atoms with Gasteiger partial charge in [-0.15, -0.1) is 0 Å². The van der Waals surface area contributed by atoms with E-state index in [1.54, 1.807) is 0 Å². The molecule has 14 heavy (non-hydrogen) atoms. The van der Waals surface area contributed by atoms with Crippen molar-refractivity contribution in [2.75, 3.05) is 0 Å². The van der Waals surface area contributed by atoms with Crippen LogP contribution >= 0.6 is 0 Å². The monoisotopic (exact) mass is 202 g/mol. The molecule has 5 heteroatoms. The molecular formula is C9H14O5. The van der Waals surface area contributed by atoms with Crippen LogP contribution in [0.15, 0.2) is 0 Å². The van der Waals surface area contributed by atoms with Gasteiger partial charge in [0.1, 0.15) is 5.78 Å². The number of carbonyl (C=O) groups excluding carboxylic acids is 1. The summed E-state index contributed by atoms with van der Waals surface area (Å²) >= 11 is 0. The van der Waals surface area contributed by atoms with E-state index in [9.17, 15) is 14.4 Å². The molecule has 0 saturated carbocycles. The third-order valence-corrected chi connectivity index (χ3v) is 2.09. The second-order valence-electron chi connectivity index (χ2n) is 3.64. The van der Waals surface area contributed by atoms with Crippen molar-refractivity contribution in [3.05, 3.63) is 0 Å². The number of Topliss-reactive ketones (excluding diaryl/α,β-unsaturated/α-hetero) is 1. The van der Waals surface area contributed by atoms with Crippen LogP contribution in [-0.2, 0) is 14.4 Å². The Balaban J connectivity index is 4.47. The van der Waals surface area contributed by atoms with Crippen molar-refractivity contribution in [3.63, 3.8) is 0 Å². The number of aliphatic carboxylic acids is 2. The Morgan fingerprint density at radius 3 is 2.00 bits per heavy atom. The molecule has 0 radical (unpaired) electrons. The smallest absolute Gasteiger partial charge is 0.309 e. The van der Waals surface area contributed by atoms with E-state index in [-0.39, 0.29) is 18.6 Å². The van der Waals surface area contributed by atoms with E-state index >= 15 is 0 Å². The SMILES string of the molecule is CC(=O)CCC(C)(CC(=O)O)C(=O)O. The summed E-state index contributed by atoms with van der Waals surface area (Å²) in [6.07, 6.45) is -0.310. The number of ketones is 1. The summed E-state index contributed by atoms with van der Waals surface area (Å²) in [5.41, 5.74) is -1.35. The van der Waals surface area contributed by atoms with E-state index < -0.39 is 23.8 Å². The van der Waals surface area contributed by atoms with Gasteiger partial charge >= 0.3 is 11.9 Å². The average molecular weight is 202 g/mol. The Kier molecular flexibility index (Phi) is 4.27. The topological polar surface area (TPSA) is 91.7 Å². The number of carboxylic acid groups (broad SMARTS) is 2. The van der Waals surface area contributed by atoms with Gasteiger partial charge in [-0.2, -0.15) is 0 Å². The summed E-state index contributed by atoms with van der Waals surface area (Å²) in [6, 6.07) is 0. The van der Waals surface area contributed by atoms with Gasteiger partial charge < -0.3 is 15.0 Å². The standard InChI is InChI=1S/C9H14O5/c1-6(10)3-4-9(2,8(13)14)5-7(11)12/h3-5H2,1-2H3,(H,11,12)(H,13,14). The Morgan fingerprint density at radius 1 is 1.21 bits per heavy atom. The molecule has 0 aromatic rings. The highest BCUT2D eigenvalue weighted by Crippen LogP contribution is 2.28. The van der Waals surface area contributed by atoms with Gasteiger partial charge in [-0.1, -0.05) is 0 Å². The first-order valence-corrected chi connectivity index (χ1v) is 4.22. The second-order valence-corrected chi connectivity index (χ2v) is 3.64. The molecule has 0 aliphatic carbocycles. The Morgan fingerprint density at radius 2 is 1.71 bits per heavy atom.